The molecule has 0 spiro atoms. The first-order valence-corrected chi connectivity index (χ1v) is 6.79. The minimum Gasteiger partial charge on any atom is -0.275 e. The van der Waals surface area contributed by atoms with Gasteiger partial charge in [-0.3, -0.25) is 9.63 Å². The Morgan fingerprint density at radius 2 is 2.17 bits per heavy atom. The van der Waals surface area contributed by atoms with Crippen LogP contribution in [0.1, 0.15) is 26.2 Å². The number of carbonyl (C=O) groups is 1. The molecule has 1 aromatic rings. The molecule has 100 valence electrons. The largest absolute Gasteiger partial charge is 0.275 e. The average molecular weight is 269 g/mol. The quantitative estimate of drug-likeness (QED) is 0.431. The predicted molar refractivity (Wildman–Crippen MR) is 71.0 cm³/mol. The van der Waals surface area contributed by atoms with Crippen LogP contribution in [0.2, 0.25) is 0 Å². The van der Waals surface area contributed by atoms with Gasteiger partial charge in [-0.2, -0.15) is 0 Å². The number of nitrogens with zero attached hydrogens (tertiary/aromatic N) is 3. The summed E-state index contributed by atoms with van der Waals surface area (Å²) in [6.45, 7) is 2.10. The normalized spacial score (nSPS) is 12.2. The fourth-order valence-electron chi connectivity index (χ4n) is 1.39. The van der Waals surface area contributed by atoms with E-state index in [1.54, 1.807) is 37.3 Å². The van der Waals surface area contributed by atoms with E-state index in [0.29, 0.717) is 11.7 Å². The van der Waals surface area contributed by atoms with Crippen LogP contribution in [0.5, 0.6) is 0 Å². The molecule has 6 heteroatoms. The van der Waals surface area contributed by atoms with Crippen LogP contribution in [0.4, 0.5) is 0 Å². The molecule has 1 unspecified atom stereocenters. The zero-order valence-electron chi connectivity index (χ0n) is 11.0. The first kappa shape index (κ1) is 14.9. The van der Waals surface area contributed by atoms with E-state index < -0.39 is 0 Å². The summed E-state index contributed by atoms with van der Waals surface area (Å²) in [4.78, 5) is 24.8. The van der Waals surface area contributed by atoms with Gasteiger partial charge >= 0.3 is 0 Å². The molecule has 18 heavy (non-hydrogen) atoms. The maximum absolute atomic E-state index is 11.6. The SMILES string of the molecule is CCC(CCC(=O)N(C)OC)Sc1ncccn1. The molecule has 0 N–H and O–H groups in total. The Morgan fingerprint density at radius 1 is 1.50 bits per heavy atom. The van der Waals surface area contributed by atoms with E-state index in [1.807, 2.05) is 0 Å². The number of hydrogen-bond donors (Lipinski definition) is 0. The molecule has 0 fully saturated rings. The van der Waals surface area contributed by atoms with E-state index in [4.69, 9.17) is 4.84 Å². The summed E-state index contributed by atoms with van der Waals surface area (Å²) in [5, 5.41) is 2.37. The van der Waals surface area contributed by atoms with Crippen molar-refractivity contribution >= 4 is 17.7 Å². The molecule has 0 saturated carbocycles. The standard InChI is InChI=1S/C12H19N3O2S/c1-4-10(6-7-11(16)15(2)17-3)18-12-13-8-5-9-14-12/h5,8-10H,4,6-7H2,1-3H3. The third kappa shape index (κ3) is 5.01. The lowest BCUT2D eigenvalue weighted by Crippen LogP contribution is -2.25. The number of hydrogen-bond acceptors (Lipinski definition) is 5. The number of hydroxylamine groups is 2. The van der Waals surface area contributed by atoms with E-state index >= 15 is 0 Å². The Hall–Kier alpha value is -1.14. The van der Waals surface area contributed by atoms with E-state index in [9.17, 15) is 4.79 Å². The number of rotatable bonds is 7. The molecule has 0 aliphatic rings. The first-order valence-electron chi connectivity index (χ1n) is 5.91. The number of aromatic nitrogens is 2. The van der Waals surface area contributed by atoms with Crippen LogP contribution < -0.4 is 0 Å². The van der Waals surface area contributed by atoms with Crippen molar-refractivity contribution in [2.75, 3.05) is 14.2 Å². The fourth-order valence-corrected chi connectivity index (χ4v) is 2.33. The molecule has 0 aliphatic carbocycles. The van der Waals surface area contributed by atoms with E-state index in [2.05, 4.69) is 16.9 Å². The Morgan fingerprint density at radius 3 is 2.72 bits per heavy atom. The third-order valence-corrected chi connectivity index (χ3v) is 3.90. The van der Waals surface area contributed by atoms with Crippen LogP contribution in [-0.4, -0.2) is 40.3 Å². The Labute approximate surface area is 112 Å². The van der Waals surface area contributed by atoms with Crippen LogP contribution in [0, 0.1) is 0 Å². The van der Waals surface area contributed by atoms with Crippen LogP contribution >= 0.6 is 11.8 Å². The average Bonchev–Trinajstić information content (AvgIpc) is 2.43. The Bertz CT molecular complexity index is 362. The second kappa shape index (κ2) is 8.05. The molecule has 0 aliphatic heterocycles. The lowest BCUT2D eigenvalue weighted by atomic mass is 10.2. The van der Waals surface area contributed by atoms with Gasteiger partial charge in [0.1, 0.15) is 0 Å². The summed E-state index contributed by atoms with van der Waals surface area (Å²) in [5.41, 5.74) is 0. The summed E-state index contributed by atoms with van der Waals surface area (Å²) in [6.07, 6.45) is 5.71. The van der Waals surface area contributed by atoms with Gasteiger partial charge in [0.05, 0.1) is 7.11 Å². The molecule has 1 aromatic heterocycles. The highest BCUT2D eigenvalue weighted by Crippen LogP contribution is 2.25. The van der Waals surface area contributed by atoms with Gasteiger partial charge in [-0.1, -0.05) is 18.7 Å². The molecule has 0 bridgehead atoms. The van der Waals surface area contributed by atoms with Gasteiger partial charge in [-0.25, -0.2) is 15.0 Å². The van der Waals surface area contributed by atoms with Gasteiger partial charge in [0.2, 0.25) is 5.91 Å². The number of carbonyl (C=O) groups excluding carboxylic acids is 1. The lowest BCUT2D eigenvalue weighted by molar-refractivity contribution is -0.168. The minimum absolute atomic E-state index is 0.00877. The fraction of sp³-hybridized carbons (Fsp3) is 0.583. The molecular weight excluding hydrogens is 250 g/mol. The molecule has 0 aromatic carbocycles. The number of thioether (sulfide) groups is 1. The Kier molecular flexibility index (Phi) is 6.67. The summed E-state index contributed by atoms with van der Waals surface area (Å²) >= 11 is 1.62. The molecule has 1 heterocycles. The maximum atomic E-state index is 11.6. The first-order chi connectivity index (χ1) is 8.67. The Balaban J connectivity index is 2.41. The second-order valence-electron chi connectivity index (χ2n) is 3.79. The molecule has 1 rings (SSSR count). The van der Waals surface area contributed by atoms with Crippen molar-refractivity contribution in [2.45, 2.75) is 36.6 Å². The summed E-state index contributed by atoms with van der Waals surface area (Å²) in [7, 11) is 3.11. The summed E-state index contributed by atoms with van der Waals surface area (Å²) in [6, 6.07) is 1.79. The molecule has 0 radical (unpaired) electrons. The molecular formula is C12H19N3O2S. The van der Waals surface area contributed by atoms with Gasteiger partial charge in [0.15, 0.2) is 5.16 Å². The van der Waals surface area contributed by atoms with Crippen molar-refractivity contribution < 1.29 is 9.63 Å². The highest BCUT2D eigenvalue weighted by atomic mass is 32.2. The van der Waals surface area contributed by atoms with Gasteiger partial charge < -0.3 is 0 Å². The highest BCUT2D eigenvalue weighted by molar-refractivity contribution is 7.99. The predicted octanol–water partition coefficient (Wildman–Crippen LogP) is 2.15. The second-order valence-corrected chi connectivity index (χ2v) is 5.06. The topological polar surface area (TPSA) is 55.3 Å². The summed E-state index contributed by atoms with van der Waals surface area (Å²) < 4.78 is 0. The van der Waals surface area contributed by atoms with E-state index in [0.717, 1.165) is 18.0 Å². The monoisotopic (exact) mass is 269 g/mol. The van der Waals surface area contributed by atoms with E-state index in [-0.39, 0.29) is 5.91 Å². The molecule has 1 atom stereocenters. The molecule has 5 nitrogen and oxygen atoms in total. The van der Waals surface area contributed by atoms with Gasteiger partial charge in [-0.15, -0.1) is 0 Å². The van der Waals surface area contributed by atoms with E-state index in [1.165, 1.54) is 12.2 Å². The third-order valence-electron chi connectivity index (χ3n) is 2.57. The molecule has 1 amide bonds. The summed E-state index contributed by atoms with van der Waals surface area (Å²) in [5.74, 6) is -0.00877. The maximum Gasteiger partial charge on any atom is 0.245 e. The van der Waals surface area contributed by atoms with Crippen molar-refractivity contribution in [1.29, 1.82) is 0 Å². The zero-order valence-corrected chi connectivity index (χ0v) is 11.8. The lowest BCUT2D eigenvalue weighted by Gasteiger charge is -2.16. The minimum atomic E-state index is -0.00877. The van der Waals surface area contributed by atoms with Crippen molar-refractivity contribution in [3.63, 3.8) is 0 Å². The van der Waals surface area contributed by atoms with Crippen molar-refractivity contribution in [2.24, 2.45) is 0 Å². The van der Waals surface area contributed by atoms with Crippen LogP contribution in [0.3, 0.4) is 0 Å². The van der Waals surface area contributed by atoms with Gasteiger partial charge in [0, 0.05) is 31.1 Å². The van der Waals surface area contributed by atoms with Crippen molar-refractivity contribution in [3.05, 3.63) is 18.5 Å². The highest BCUT2D eigenvalue weighted by Gasteiger charge is 2.14. The van der Waals surface area contributed by atoms with Crippen molar-refractivity contribution in [3.8, 4) is 0 Å². The van der Waals surface area contributed by atoms with Crippen LogP contribution in [0.25, 0.3) is 0 Å². The van der Waals surface area contributed by atoms with Gasteiger partial charge in [-0.05, 0) is 18.9 Å². The smallest absolute Gasteiger partial charge is 0.245 e. The number of amides is 1. The zero-order chi connectivity index (χ0) is 13.4. The van der Waals surface area contributed by atoms with Crippen LogP contribution in [0.15, 0.2) is 23.6 Å². The molecule has 0 saturated heterocycles. The van der Waals surface area contributed by atoms with Crippen LogP contribution in [-0.2, 0) is 9.63 Å². The van der Waals surface area contributed by atoms with Gasteiger partial charge in [0.25, 0.3) is 0 Å². The van der Waals surface area contributed by atoms with Crippen molar-refractivity contribution in [1.82, 2.24) is 15.0 Å².